The normalized spacial score (nSPS) is 15.6. The van der Waals surface area contributed by atoms with Crippen LogP contribution in [0, 0.1) is 0 Å². The van der Waals surface area contributed by atoms with Crippen LogP contribution in [-0.2, 0) is 10.0 Å². The van der Waals surface area contributed by atoms with Crippen LogP contribution in [-0.4, -0.2) is 31.7 Å². The summed E-state index contributed by atoms with van der Waals surface area (Å²) in [7, 11) is -3.47. The van der Waals surface area contributed by atoms with Gasteiger partial charge >= 0.3 is 0 Å². The van der Waals surface area contributed by atoms with Crippen LogP contribution in [0.3, 0.4) is 0 Å². The van der Waals surface area contributed by atoms with E-state index in [1.54, 1.807) is 6.07 Å². The van der Waals surface area contributed by atoms with Crippen molar-refractivity contribution in [3.8, 4) is 0 Å². The number of carbonyl (C=O) groups is 1. The van der Waals surface area contributed by atoms with Crippen molar-refractivity contribution in [2.45, 2.75) is 36.8 Å². The van der Waals surface area contributed by atoms with Crippen molar-refractivity contribution in [2.75, 3.05) is 18.4 Å². The van der Waals surface area contributed by atoms with E-state index in [0.29, 0.717) is 29.6 Å². The summed E-state index contributed by atoms with van der Waals surface area (Å²) in [4.78, 5) is 12.8. The van der Waals surface area contributed by atoms with Crippen molar-refractivity contribution in [2.24, 2.45) is 0 Å². The first kappa shape index (κ1) is 18.1. The Balaban J connectivity index is 1.72. The minimum Gasteiger partial charge on any atom is -0.321 e. The number of hydrogen-bond donors (Lipinski definition) is 1. The van der Waals surface area contributed by atoms with E-state index in [1.807, 2.05) is 24.3 Å². The minimum absolute atomic E-state index is 0.231. The Morgan fingerprint density at radius 1 is 1.08 bits per heavy atom. The fourth-order valence-corrected chi connectivity index (χ4v) is 5.65. The Morgan fingerprint density at radius 3 is 2.32 bits per heavy atom. The molecule has 1 aliphatic rings. The number of anilines is 1. The van der Waals surface area contributed by atoms with Crippen LogP contribution >= 0.6 is 11.3 Å². The fraction of sp³-hybridized carbons (Fsp3) is 0.389. The molecule has 0 radical (unpaired) electrons. The van der Waals surface area contributed by atoms with Gasteiger partial charge in [-0.05, 0) is 48.6 Å². The van der Waals surface area contributed by atoms with Gasteiger partial charge in [0.2, 0.25) is 0 Å². The van der Waals surface area contributed by atoms with Crippen LogP contribution in [0.5, 0.6) is 0 Å². The first-order chi connectivity index (χ1) is 11.9. The highest BCUT2D eigenvalue weighted by atomic mass is 32.2. The molecule has 1 N–H and O–H groups in total. The number of sulfonamides is 1. The fourth-order valence-electron chi connectivity index (χ4n) is 2.78. The standard InChI is InChI=1S/C18H22N2O3S2/c1-13(2)14-5-7-15(8-6-14)19-18(21)16-9-10-17(24-16)25(22,23)20-11-3-4-12-20/h5-10,13H,3-4,11-12H2,1-2H3,(H,19,21). The molecule has 1 saturated heterocycles. The summed E-state index contributed by atoms with van der Waals surface area (Å²) in [6, 6.07) is 10.8. The van der Waals surface area contributed by atoms with Gasteiger partial charge in [0, 0.05) is 18.8 Å². The summed E-state index contributed by atoms with van der Waals surface area (Å²) < 4.78 is 26.8. The maximum Gasteiger partial charge on any atom is 0.265 e. The second-order valence-electron chi connectivity index (χ2n) is 6.46. The maximum absolute atomic E-state index is 12.5. The van der Waals surface area contributed by atoms with Crippen LogP contribution in [0.25, 0.3) is 0 Å². The second-order valence-corrected chi connectivity index (χ2v) is 9.71. The predicted molar refractivity (Wildman–Crippen MR) is 101 cm³/mol. The number of carbonyl (C=O) groups excluding carboxylic acids is 1. The van der Waals surface area contributed by atoms with Gasteiger partial charge in [0.05, 0.1) is 4.88 Å². The third-order valence-electron chi connectivity index (χ3n) is 4.30. The third kappa shape index (κ3) is 3.94. The Kier molecular flexibility index (Phi) is 5.27. The van der Waals surface area contributed by atoms with Gasteiger partial charge in [0.15, 0.2) is 0 Å². The predicted octanol–water partition coefficient (Wildman–Crippen LogP) is 3.91. The van der Waals surface area contributed by atoms with Gasteiger partial charge in [-0.25, -0.2) is 8.42 Å². The summed E-state index contributed by atoms with van der Waals surface area (Å²) in [5, 5.41) is 2.82. The van der Waals surface area contributed by atoms with Crippen molar-refractivity contribution in [1.82, 2.24) is 4.31 Å². The van der Waals surface area contributed by atoms with Gasteiger partial charge in [-0.15, -0.1) is 11.3 Å². The maximum atomic E-state index is 12.5. The van der Waals surface area contributed by atoms with Crippen LogP contribution in [0.2, 0.25) is 0 Å². The lowest BCUT2D eigenvalue weighted by atomic mass is 10.0. The molecule has 0 aliphatic carbocycles. The molecule has 0 atom stereocenters. The summed E-state index contributed by atoms with van der Waals surface area (Å²) in [5.74, 6) is 0.144. The Bertz CT molecular complexity index is 849. The first-order valence-corrected chi connectivity index (χ1v) is 10.6. The number of amides is 1. The van der Waals surface area contributed by atoms with Gasteiger partial charge in [0.1, 0.15) is 4.21 Å². The lowest BCUT2D eigenvalue weighted by Gasteiger charge is -2.13. The molecular formula is C18H22N2O3S2. The monoisotopic (exact) mass is 378 g/mol. The molecule has 134 valence electrons. The molecule has 0 spiro atoms. The molecule has 25 heavy (non-hydrogen) atoms. The molecule has 1 aromatic heterocycles. The average molecular weight is 379 g/mol. The summed E-state index contributed by atoms with van der Waals surface area (Å²) >= 11 is 1.02. The Morgan fingerprint density at radius 2 is 1.72 bits per heavy atom. The summed E-state index contributed by atoms with van der Waals surface area (Å²) in [6.07, 6.45) is 1.79. The Labute approximate surface area is 152 Å². The highest BCUT2D eigenvalue weighted by Gasteiger charge is 2.29. The molecule has 0 saturated carbocycles. The van der Waals surface area contributed by atoms with Gasteiger partial charge in [-0.3, -0.25) is 4.79 Å². The molecular weight excluding hydrogens is 356 g/mol. The quantitative estimate of drug-likeness (QED) is 0.858. The number of nitrogens with zero attached hydrogens (tertiary/aromatic N) is 1. The zero-order chi connectivity index (χ0) is 18.0. The molecule has 5 nitrogen and oxygen atoms in total. The smallest absolute Gasteiger partial charge is 0.265 e. The van der Waals surface area contributed by atoms with Crippen molar-refractivity contribution < 1.29 is 13.2 Å². The van der Waals surface area contributed by atoms with Crippen LogP contribution in [0.15, 0.2) is 40.6 Å². The van der Waals surface area contributed by atoms with Crippen LogP contribution in [0.4, 0.5) is 5.69 Å². The minimum atomic E-state index is -3.47. The zero-order valence-electron chi connectivity index (χ0n) is 14.4. The molecule has 2 heterocycles. The van der Waals surface area contributed by atoms with Crippen molar-refractivity contribution in [3.05, 3.63) is 46.8 Å². The third-order valence-corrected chi connectivity index (χ3v) is 7.75. The highest BCUT2D eigenvalue weighted by Crippen LogP contribution is 2.28. The van der Waals surface area contributed by atoms with Gasteiger partial charge < -0.3 is 5.32 Å². The molecule has 0 unspecified atom stereocenters. The van der Waals surface area contributed by atoms with Gasteiger partial charge in [-0.1, -0.05) is 26.0 Å². The SMILES string of the molecule is CC(C)c1ccc(NC(=O)c2ccc(S(=O)(=O)N3CCCC3)s2)cc1. The highest BCUT2D eigenvalue weighted by molar-refractivity contribution is 7.91. The molecule has 3 rings (SSSR count). The number of benzene rings is 1. The van der Waals surface area contributed by atoms with E-state index >= 15 is 0 Å². The topological polar surface area (TPSA) is 66.5 Å². The lowest BCUT2D eigenvalue weighted by molar-refractivity contribution is 0.103. The first-order valence-electron chi connectivity index (χ1n) is 8.39. The average Bonchev–Trinajstić information content (AvgIpc) is 3.27. The molecule has 1 fully saturated rings. The molecule has 1 aliphatic heterocycles. The molecule has 2 aromatic rings. The van der Waals surface area contributed by atoms with Crippen LogP contribution < -0.4 is 5.32 Å². The zero-order valence-corrected chi connectivity index (χ0v) is 16.0. The number of nitrogens with one attached hydrogen (secondary N) is 1. The summed E-state index contributed by atoms with van der Waals surface area (Å²) in [6.45, 7) is 5.34. The van der Waals surface area contributed by atoms with Crippen molar-refractivity contribution in [1.29, 1.82) is 0 Å². The van der Waals surface area contributed by atoms with Gasteiger partial charge in [-0.2, -0.15) is 4.31 Å². The lowest BCUT2D eigenvalue weighted by Crippen LogP contribution is -2.27. The number of rotatable bonds is 5. The molecule has 7 heteroatoms. The van der Waals surface area contributed by atoms with E-state index in [-0.39, 0.29) is 10.1 Å². The van der Waals surface area contributed by atoms with Crippen molar-refractivity contribution in [3.63, 3.8) is 0 Å². The van der Waals surface area contributed by atoms with E-state index < -0.39 is 10.0 Å². The number of hydrogen-bond acceptors (Lipinski definition) is 4. The summed E-state index contributed by atoms with van der Waals surface area (Å²) in [5.41, 5.74) is 1.90. The largest absolute Gasteiger partial charge is 0.321 e. The van der Waals surface area contributed by atoms with E-state index in [2.05, 4.69) is 19.2 Å². The van der Waals surface area contributed by atoms with E-state index in [4.69, 9.17) is 0 Å². The second kappa shape index (κ2) is 7.27. The van der Waals surface area contributed by atoms with E-state index in [9.17, 15) is 13.2 Å². The van der Waals surface area contributed by atoms with E-state index in [1.165, 1.54) is 15.9 Å². The van der Waals surface area contributed by atoms with Gasteiger partial charge in [0.25, 0.3) is 15.9 Å². The molecule has 1 amide bonds. The molecule has 1 aromatic carbocycles. The Hall–Kier alpha value is -1.70. The van der Waals surface area contributed by atoms with E-state index in [0.717, 1.165) is 24.2 Å². The number of thiophene rings is 1. The molecule has 0 bridgehead atoms. The van der Waals surface area contributed by atoms with Crippen LogP contribution in [0.1, 0.15) is 47.8 Å². The van der Waals surface area contributed by atoms with Crippen molar-refractivity contribution >= 4 is 33.0 Å².